The molecule has 2 rings (SSSR count). The van der Waals surface area contributed by atoms with Crippen molar-refractivity contribution in [3.8, 4) is 0 Å². The summed E-state index contributed by atoms with van der Waals surface area (Å²) in [5, 5.41) is 3.26. The second kappa shape index (κ2) is 7.04. The molecule has 0 saturated carbocycles. The Kier molecular flexibility index (Phi) is 5.36. The Hall–Kier alpha value is -1.40. The molecule has 5 nitrogen and oxygen atoms in total. The van der Waals surface area contributed by atoms with E-state index in [1.807, 2.05) is 31.2 Å². The summed E-state index contributed by atoms with van der Waals surface area (Å²) in [5.74, 6) is -0.576. The molecule has 1 aromatic carbocycles. The van der Waals surface area contributed by atoms with E-state index in [0.717, 1.165) is 23.0 Å². The second-order valence-electron chi connectivity index (χ2n) is 5.43. The number of nitrogens with two attached hydrogens (primary N) is 1. The van der Waals surface area contributed by atoms with Crippen LogP contribution in [-0.4, -0.2) is 35.8 Å². The van der Waals surface area contributed by atoms with Crippen LogP contribution in [0.5, 0.6) is 0 Å². The number of amides is 2. The van der Waals surface area contributed by atoms with E-state index >= 15 is 0 Å². The van der Waals surface area contributed by atoms with Crippen molar-refractivity contribution in [1.29, 1.82) is 0 Å². The number of nitrogens with zero attached hydrogens (tertiary/aromatic N) is 1. The zero-order valence-corrected chi connectivity index (χ0v) is 13.6. The lowest BCUT2D eigenvalue weighted by Crippen LogP contribution is -2.43. The van der Waals surface area contributed by atoms with Crippen LogP contribution in [0.4, 0.5) is 0 Å². The van der Waals surface area contributed by atoms with Crippen LogP contribution in [0, 0.1) is 5.92 Å². The highest BCUT2D eigenvalue weighted by atomic mass is 79.9. The van der Waals surface area contributed by atoms with Crippen LogP contribution in [0.25, 0.3) is 0 Å². The van der Waals surface area contributed by atoms with Crippen molar-refractivity contribution in [3.05, 3.63) is 34.3 Å². The highest BCUT2D eigenvalue weighted by Crippen LogP contribution is 2.20. The standard InChI is InChI=1S/C15H20BrN3O2/c1-10-13(6-7-18-10)15(21)19(9-14(17)20)8-11-2-4-12(16)5-3-11/h2-5,10,13,18H,6-9H2,1H3,(H2,17,20). The molecule has 0 aliphatic carbocycles. The molecule has 2 amide bonds. The molecule has 114 valence electrons. The van der Waals surface area contributed by atoms with E-state index in [0.29, 0.717) is 6.54 Å². The van der Waals surface area contributed by atoms with Gasteiger partial charge >= 0.3 is 0 Å². The van der Waals surface area contributed by atoms with Crippen molar-refractivity contribution in [2.75, 3.05) is 13.1 Å². The highest BCUT2D eigenvalue weighted by molar-refractivity contribution is 9.10. The van der Waals surface area contributed by atoms with Gasteiger partial charge in [-0.3, -0.25) is 9.59 Å². The molecule has 1 aliphatic heterocycles. The summed E-state index contributed by atoms with van der Waals surface area (Å²) in [5.41, 5.74) is 6.26. The number of nitrogens with one attached hydrogen (secondary N) is 1. The van der Waals surface area contributed by atoms with Crippen molar-refractivity contribution < 1.29 is 9.59 Å². The van der Waals surface area contributed by atoms with Crippen molar-refractivity contribution in [2.45, 2.75) is 25.9 Å². The molecular formula is C15H20BrN3O2. The Morgan fingerprint density at radius 2 is 2.05 bits per heavy atom. The van der Waals surface area contributed by atoms with Crippen molar-refractivity contribution in [3.63, 3.8) is 0 Å². The maximum atomic E-state index is 12.6. The largest absolute Gasteiger partial charge is 0.368 e. The summed E-state index contributed by atoms with van der Waals surface area (Å²) >= 11 is 3.38. The molecule has 1 fully saturated rings. The fraction of sp³-hybridized carbons (Fsp3) is 0.467. The summed E-state index contributed by atoms with van der Waals surface area (Å²) in [4.78, 5) is 25.4. The Morgan fingerprint density at radius 1 is 1.38 bits per heavy atom. The molecule has 3 N–H and O–H groups in total. The van der Waals surface area contributed by atoms with E-state index in [2.05, 4.69) is 21.2 Å². The Labute approximate surface area is 133 Å². The average molecular weight is 354 g/mol. The van der Waals surface area contributed by atoms with E-state index in [9.17, 15) is 9.59 Å². The number of benzene rings is 1. The predicted molar refractivity (Wildman–Crippen MR) is 84.3 cm³/mol. The quantitative estimate of drug-likeness (QED) is 0.836. The first-order valence-corrected chi connectivity index (χ1v) is 7.81. The van der Waals surface area contributed by atoms with Gasteiger partial charge in [0.2, 0.25) is 11.8 Å². The minimum absolute atomic E-state index is 0.00535. The van der Waals surface area contributed by atoms with Crippen LogP contribution < -0.4 is 11.1 Å². The zero-order valence-electron chi connectivity index (χ0n) is 12.0. The third-order valence-electron chi connectivity index (χ3n) is 3.79. The van der Waals surface area contributed by atoms with E-state index in [-0.39, 0.29) is 24.4 Å². The molecule has 1 aliphatic rings. The third kappa shape index (κ3) is 4.28. The number of hydrogen-bond donors (Lipinski definition) is 2. The van der Waals surface area contributed by atoms with Gasteiger partial charge in [0.05, 0.1) is 12.5 Å². The highest BCUT2D eigenvalue weighted by Gasteiger charge is 2.33. The summed E-state index contributed by atoms with van der Waals surface area (Å²) in [7, 11) is 0. The van der Waals surface area contributed by atoms with Crippen molar-refractivity contribution in [1.82, 2.24) is 10.2 Å². The summed E-state index contributed by atoms with van der Waals surface area (Å²) < 4.78 is 0.979. The Balaban J connectivity index is 2.11. The minimum Gasteiger partial charge on any atom is -0.368 e. The van der Waals surface area contributed by atoms with Crippen LogP contribution in [0.1, 0.15) is 18.9 Å². The van der Waals surface area contributed by atoms with Gasteiger partial charge in [-0.25, -0.2) is 0 Å². The molecule has 6 heteroatoms. The molecule has 21 heavy (non-hydrogen) atoms. The number of halogens is 1. The van der Waals surface area contributed by atoms with Gasteiger partial charge in [0.15, 0.2) is 0 Å². The van der Waals surface area contributed by atoms with Crippen LogP contribution >= 0.6 is 15.9 Å². The van der Waals surface area contributed by atoms with Crippen LogP contribution in [-0.2, 0) is 16.1 Å². The molecule has 2 unspecified atom stereocenters. The number of carbonyl (C=O) groups excluding carboxylic acids is 2. The number of hydrogen-bond acceptors (Lipinski definition) is 3. The molecular weight excluding hydrogens is 334 g/mol. The van der Waals surface area contributed by atoms with Gasteiger partial charge in [-0.15, -0.1) is 0 Å². The number of carbonyl (C=O) groups is 2. The smallest absolute Gasteiger partial charge is 0.237 e. The number of rotatable bonds is 5. The minimum atomic E-state index is -0.487. The van der Waals surface area contributed by atoms with E-state index in [4.69, 9.17) is 5.73 Å². The molecule has 1 aromatic rings. The van der Waals surface area contributed by atoms with Gasteiger partial charge in [0.1, 0.15) is 0 Å². The molecule has 0 radical (unpaired) electrons. The lowest BCUT2D eigenvalue weighted by atomic mass is 10.00. The maximum Gasteiger partial charge on any atom is 0.237 e. The molecule has 0 bridgehead atoms. The summed E-state index contributed by atoms with van der Waals surface area (Å²) in [6.45, 7) is 3.19. The maximum absolute atomic E-state index is 12.6. The van der Waals surface area contributed by atoms with Crippen molar-refractivity contribution >= 4 is 27.7 Å². The molecule has 1 heterocycles. The Bertz CT molecular complexity index is 518. The Morgan fingerprint density at radius 3 is 2.57 bits per heavy atom. The van der Waals surface area contributed by atoms with E-state index < -0.39 is 5.91 Å². The molecule has 0 spiro atoms. The lowest BCUT2D eigenvalue weighted by Gasteiger charge is -2.26. The second-order valence-corrected chi connectivity index (χ2v) is 6.34. The van der Waals surface area contributed by atoms with Gasteiger partial charge in [0, 0.05) is 17.1 Å². The van der Waals surface area contributed by atoms with E-state index in [1.165, 1.54) is 0 Å². The third-order valence-corrected chi connectivity index (χ3v) is 4.32. The van der Waals surface area contributed by atoms with Gasteiger partial charge < -0.3 is 16.0 Å². The van der Waals surface area contributed by atoms with Gasteiger partial charge in [-0.2, -0.15) is 0 Å². The summed E-state index contributed by atoms with van der Waals surface area (Å²) in [6, 6.07) is 7.84. The molecule has 0 aromatic heterocycles. The number of primary amides is 1. The van der Waals surface area contributed by atoms with Gasteiger partial charge in [0.25, 0.3) is 0 Å². The average Bonchev–Trinajstić information content (AvgIpc) is 2.85. The van der Waals surface area contributed by atoms with Crippen LogP contribution in [0.3, 0.4) is 0 Å². The molecule has 1 saturated heterocycles. The van der Waals surface area contributed by atoms with Gasteiger partial charge in [-0.1, -0.05) is 28.1 Å². The SMILES string of the molecule is CC1NCCC1C(=O)N(CC(N)=O)Cc1ccc(Br)cc1. The van der Waals surface area contributed by atoms with Gasteiger partial charge in [-0.05, 0) is 37.6 Å². The predicted octanol–water partition coefficient (Wildman–Crippen LogP) is 1.26. The topological polar surface area (TPSA) is 75.4 Å². The normalized spacial score (nSPS) is 21.2. The summed E-state index contributed by atoms with van der Waals surface area (Å²) in [6.07, 6.45) is 0.801. The zero-order chi connectivity index (χ0) is 15.4. The first-order chi connectivity index (χ1) is 9.97. The first kappa shape index (κ1) is 16.0. The van der Waals surface area contributed by atoms with E-state index in [1.54, 1.807) is 4.90 Å². The first-order valence-electron chi connectivity index (χ1n) is 7.02. The fourth-order valence-electron chi connectivity index (χ4n) is 2.64. The fourth-order valence-corrected chi connectivity index (χ4v) is 2.90. The van der Waals surface area contributed by atoms with Crippen LogP contribution in [0.2, 0.25) is 0 Å². The monoisotopic (exact) mass is 353 g/mol. The van der Waals surface area contributed by atoms with Crippen LogP contribution in [0.15, 0.2) is 28.7 Å². The molecule has 2 atom stereocenters. The lowest BCUT2D eigenvalue weighted by molar-refractivity contribution is -0.139. The van der Waals surface area contributed by atoms with Crippen molar-refractivity contribution in [2.24, 2.45) is 11.7 Å².